The van der Waals surface area contributed by atoms with Gasteiger partial charge in [0, 0.05) is 12.6 Å². The number of likely N-dealkylation sites (N-methyl/N-ethyl adjacent to an activating group) is 2. The maximum Gasteiger partial charge on any atom is 0.238 e. The van der Waals surface area contributed by atoms with E-state index in [1.807, 2.05) is 0 Å². The molecule has 116 valence electrons. The van der Waals surface area contributed by atoms with Crippen molar-refractivity contribution < 1.29 is 18.4 Å². The van der Waals surface area contributed by atoms with Gasteiger partial charge < -0.3 is 10.6 Å². The summed E-state index contributed by atoms with van der Waals surface area (Å²) in [6.07, 6.45) is 0. The van der Waals surface area contributed by atoms with Crippen LogP contribution in [0.1, 0.15) is 13.8 Å². The SMILES string of the molecule is CCNC(=O)CN(CC)CC(=O)Nc1cc(F)ccc1F. The Morgan fingerprint density at radius 3 is 2.43 bits per heavy atom. The van der Waals surface area contributed by atoms with E-state index in [1.54, 1.807) is 18.7 Å². The molecular weight excluding hydrogens is 280 g/mol. The number of nitrogens with one attached hydrogen (secondary N) is 2. The number of carbonyl (C=O) groups is 2. The maximum absolute atomic E-state index is 13.4. The number of hydrogen-bond acceptors (Lipinski definition) is 3. The lowest BCUT2D eigenvalue weighted by Gasteiger charge is -2.19. The molecule has 0 bridgehead atoms. The zero-order chi connectivity index (χ0) is 15.8. The summed E-state index contributed by atoms with van der Waals surface area (Å²) in [5.41, 5.74) is -0.214. The molecule has 2 N–H and O–H groups in total. The summed E-state index contributed by atoms with van der Waals surface area (Å²) in [7, 11) is 0. The second-order valence-corrected chi connectivity index (χ2v) is 4.43. The maximum atomic E-state index is 13.4. The molecule has 0 saturated carbocycles. The van der Waals surface area contributed by atoms with Gasteiger partial charge in [0.1, 0.15) is 11.6 Å². The van der Waals surface area contributed by atoms with Gasteiger partial charge in [-0.15, -0.1) is 0 Å². The molecule has 0 heterocycles. The van der Waals surface area contributed by atoms with Gasteiger partial charge in [-0.3, -0.25) is 14.5 Å². The summed E-state index contributed by atoms with van der Waals surface area (Å²) in [6, 6.07) is 2.82. The first kappa shape index (κ1) is 17.0. The van der Waals surface area contributed by atoms with Crippen LogP contribution in [-0.4, -0.2) is 42.9 Å². The molecule has 0 atom stereocenters. The molecule has 0 aliphatic rings. The summed E-state index contributed by atoms with van der Waals surface area (Å²) < 4.78 is 26.4. The van der Waals surface area contributed by atoms with Gasteiger partial charge in [-0.2, -0.15) is 0 Å². The first-order valence-corrected chi connectivity index (χ1v) is 6.70. The van der Waals surface area contributed by atoms with Crippen LogP contribution in [0.2, 0.25) is 0 Å². The van der Waals surface area contributed by atoms with E-state index in [-0.39, 0.29) is 24.7 Å². The van der Waals surface area contributed by atoms with Crippen LogP contribution in [0.25, 0.3) is 0 Å². The van der Waals surface area contributed by atoms with Crippen LogP contribution in [0.15, 0.2) is 18.2 Å². The predicted octanol–water partition coefficient (Wildman–Crippen LogP) is 1.36. The van der Waals surface area contributed by atoms with E-state index in [2.05, 4.69) is 10.6 Å². The highest BCUT2D eigenvalue weighted by atomic mass is 19.1. The van der Waals surface area contributed by atoms with Crippen LogP contribution in [0.4, 0.5) is 14.5 Å². The summed E-state index contributed by atoms with van der Waals surface area (Å²) in [4.78, 5) is 24.9. The minimum absolute atomic E-state index is 0.0728. The lowest BCUT2D eigenvalue weighted by Crippen LogP contribution is -2.41. The van der Waals surface area contributed by atoms with E-state index in [9.17, 15) is 18.4 Å². The molecule has 0 saturated heterocycles. The molecule has 1 aromatic rings. The lowest BCUT2D eigenvalue weighted by atomic mass is 10.3. The highest BCUT2D eigenvalue weighted by Gasteiger charge is 2.14. The topological polar surface area (TPSA) is 61.4 Å². The number of hydrogen-bond donors (Lipinski definition) is 2. The van der Waals surface area contributed by atoms with E-state index >= 15 is 0 Å². The second-order valence-electron chi connectivity index (χ2n) is 4.43. The molecule has 7 heteroatoms. The zero-order valence-corrected chi connectivity index (χ0v) is 12.1. The van der Waals surface area contributed by atoms with E-state index in [0.717, 1.165) is 18.2 Å². The van der Waals surface area contributed by atoms with Gasteiger partial charge in [-0.1, -0.05) is 6.92 Å². The van der Waals surface area contributed by atoms with Crippen molar-refractivity contribution in [2.75, 3.05) is 31.5 Å². The predicted molar refractivity (Wildman–Crippen MR) is 75.8 cm³/mol. The quantitative estimate of drug-likeness (QED) is 0.799. The Morgan fingerprint density at radius 1 is 1.14 bits per heavy atom. The van der Waals surface area contributed by atoms with Gasteiger partial charge in [0.2, 0.25) is 11.8 Å². The Labute approximate surface area is 122 Å². The third kappa shape index (κ3) is 5.86. The standard InChI is InChI=1S/C14H19F2N3O2/c1-3-17-13(20)8-19(4-2)9-14(21)18-12-7-10(15)5-6-11(12)16/h5-7H,3-4,8-9H2,1-2H3,(H,17,20)(H,18,21). The van der Waals surface area contributed by atoms with Crippen LogP contribution in [0, 0.1) is 11.6 Å². The molecule has 5 nitrogen and oxygen atoms in total. The molecule has 0 spiro atoms. The number of nitrogens with zero attached hydrogens (tertiary/aromatic N) is 1. The first-order chi connectivity index (χ1) is 9.96. The van der Waals surface area contributed by atoms with Crippen LogP contribution < -0.4 is 10.6 Å². The Hall–Kier alpha value is -2.02. The summed E-state index contributed by atoms with van der Waals surface area (Å²) in [6.45, 7) is 4.59. The van der Waals surface area contributed by atoms with Crippen LogP contribution in [0.3, 0.4) is 0 Å². The van der Waals surface area contributed by atoms with Crippen molar-refractivity contribution in [1.29, 1.82) is 0 Å². The molecule has 0 aromatic heterocycles. The average molecular weight is 299 g/mol. The number of amides is 2. The largest absolute Gasteiger partial charge is 0.355 e. The van der Waals surface area contributed by atoms with E-state index in [1.165, 1.54) is 0 Å². The normalized spacial score (nSPS) is 10.5. The third-order valence-corrected chi connectivity index (χ3v) is 2.76. The van der Waals surface area contributed by atoms with Crippen molar-refractivity contribution >= 4 is 17.5 Å². The Kier molecular flexibility index (Phi) is 6.74. The first-order valence-electron chi connectivity index (χ1n) is 6.70. The number of rotatable bonds is 7. The van der Waals surface area contributed by atoms with Crippen molar-refractivity contribution in [2.45, 2.75) is 13.8 Å². The highest BCUT2D eigenvalue weighted by Crippen LogP contribution is 2.15. The number of benzene rings is 1. The van der Waals surface area contributed by atoms with Crippen LogP contribution >= 0.6 is 0 Å². The van der Waals surface area contributed by atoms with Crippen LogP contribution in [0.5, 0.6) is 0 Å². The van der Waals surface area contributed by atoms with Crippen molar-refractivity contribution in [3.05, 3.63) is 29.8 Å². The zero-order valence-electron chi connectivity index (χ0n) is 12.1. The molecule has 0 unspecified atom stereocenters. The molecular formula is C14H19F2N3O2. The van der Waals surface area contributed by atoms with Gasteiger partial charge in [-0.25, -0.2) is 8.78 Å². The van der Waals surface area contributed by atoms with E-state index in [4.69, 9.17) is 0 Å². The van der Waals surface area contributed by atoms with Gasteiger partial charge >= 0.3 is 0 Å². The molecule has 21 heavy (non-hydrogen) atoms. The fourth-order valence-electron chi connectivity index (χ4n) is 1.72. The van der Waals surface area contributed by atoms with Crippen LogP contribution in [-0.2, 0) is 9.59 Å². The van der Waals surface area contributed by atoms with Crippen molar-refractivity contribution in [3.8, 4) is 0 Å². The molecule has 1 rings (SSSR count). The Balaban J connectivity index is 2.58. The Morgan fingerprint density at radius 2 is 1.81 bits per heavy atom. The van der Waals surface area contributed by atoms with Crippen molar-refractivity contribution in [2.24, 2.45) is 0 Å². The van der Waals surface area contributed by atoms with Crippen molar-refractivity contribution in [3.63, 3.8) is 0 Å². The number of carbonyl (C=O) groups excluding carboxylic acids is 2. The lowest BCUT2D eigenvalue weighted by molar-refractivity contribution is -0.123. The number of halogens is 2. The molecule has 0 radical (unpaired) electrons. The smallest absolute Gasteiger partial charge is 0.238 e. The average Bonchev–Trinajstić information content (AvgIpc) is 2.42. The summed E-state index contributed by atoms with van der Waals surface area (Å²) >= 11 is 0. The third-order valence-electron chi connectivity index (χ3n) is 2.76. The highest BCUT2D eigenvalue weighted by molar-refractivity contribution is 5.92. The van der Waals surface area contributed by atoms with E-state index in [0.29, 0.717) is 13.1 Å². The Bertz CT molecular complexity index is 509. The number of anilines is 1. The second kappa shape index (κ2) is 8.31. The fraction of sp³-hybridized carbons (Fsp3) is 0.429. The molecule has 0 aliphatic heterocycles. The summed E-state index contributed by atoms with van der Waals surface area (Å²) in [5, 5.41) is 4.92. The molecule has 2 amide bonds. The summed E-state index contributed by atoms with van der Waals surface area (Å²) in [5.74, 6) is -2.05. The fourth-order valence-corrected chi connectivity index (χ4v) is 1.72. The molecule has 0 fully saturated rings. The molecule has 0 aliphatic carbocycles. The minimum atomic E-state index is -0.712. The van der Waals surface area contributed by atoms with Gasteiger partial charge in [-0.05, 0) is 25.6 Å². The minimum Gasteiger partial charge on any atom is -0.355 e. The monoisotopic (exact) mass is 299 g/mol. The van der Waals surface area contributed by atoms with E-state index < -0.39 is 17.5 Å². The molecule has 1 aromatic carbocycles. The van der Waals surface area contributed by atoms with Gasteiger partial charge in [0.25, 0.3) is 0 Å². The van der Waals surface area contributed by atoms with Crippen molar-refractivity contribution in [1.82, 2.24) is 10.2 Å². The van der Waals surface area contributed by atoms with Gasteiger partial charge in [0.05, 0.1) is 18.8 Å². The van der Waals surface area contributed by atoms with Gasteiger partial charge in [0.15, 0.2) is 0 Å².